The third-order valence-corrected chi connectivity index (χ3v) is 2.84. The average Bonchev–Trinajstić information content (AvgIpc) is 2.16. The van der Waals surface area contributed by atoms with Crippen molar-refractivity contribution in [2.75, 3.05) is 12.4 Å². The van der Waals surface area contributed by atoms with E-state index >= 15 is 0 Å². The first-order valence-electron chi connectivity index (χ1n) is 4.78. The molecule has 1 rings (SSSR count). The Labute approximate surface area is 94.3 Å². The van der Waals surface area contributed by atoms with Gasteiger partial charge < -0.3 is 4.74 Å². The van der Waals surface area contributed by atoms with Crippen LogP contribution in [0.1, 0.15) is 12.0 Å². The Morgan fingerprint density at radius 3 is 2.75 bits per heavy atom. The molecule has 0 aliphatic carbocycles. The van der Waals surface area contributed by atoms with Crippen molar-refractivity contribution in [3.8, 4) is 5.75 Å². The first kappa shape index (κ1) is 12.9. The normalized spacial score (nSPS) is 11.4. The zero-order chi connectivity index (χ0) is 12.2. The van der Waals surface area contributed by atoms with Gasteiger partial charge in [0.25, 0.3) is 0 Å². The Balaban J connectivity index is 2.46. The Kier molecular flexibility index (Phi) is 4.26. The van der Waals surface area contributed by atoms with E-state index in [0.717, 1.165) is 5.56 Å². The van der Waals surface area contributed by atoms with Gasteiger partial charge in [0.05, 0.1) is 12.4 Å². The molecule has 0 amide bonds. The minimum absolute atomic E-state index is 0.138. The quantitative estimate of drug-likeness (QED) is 0.795. The highest BCUT2D eigenvalue weighted by Crippen LogP contribution is 2.18. The Bertz CT molecular complexity index is 459. The summed E-state index contributed by atoms with van der Waals surface area (Å²) >= 11 is 0. The highest BCUT2D eigenvalue weighted by molar-refractivity contribution is 7.89. The molecule has 0 heterocycles. The molecule has 90 valence electrons. The van der Waals surface area contributed by atoms with Gasteiger partial charge in [0, 0.05) is 6.07 Å². The fraction of sp³-hybridized carbons (Fsp3) is 0.400. The maximum atomic E-state index is 12.8. The zero-order valence-corrected chi connectivity index (χ0v) is 9.76. The molecule has 0 aliphatic rings. The smallest absolute Gasteiger partial charge is 0.209 e. The minimum atomic E-state index is -3.45. The predicted octanol–water partition coefficient (Wildman–Crippen LogP) is 1.19. The topological polar surface area (TPSA) is 69.4 Å². The minimum Gasteiger partial charge on any atom is -0.493 e. The molecule has 0 saturated carbocycles. The van der Waals surface area contributed by atoms with Crippen LogP contribution >= 0.6 is 0 Å². The van der Waals surface area contributed by atoms with Gasteiger partial charge >= 0.3 is 0 Å². The number of ether oxygens (including phenoxy) is 1. The summed E-state index contributed by atoms with van der Waals surface area (Å²) in [5.74, 6) is -0.0945. The van der Waals surface area contributed by atoms with Crippen LogP contribution < -0.4 is 9.88 Å². The van der Waals surface area contributed by atoms with Crippen molar-refractivity contribution in [1.82, 2.24) is 0 Å². The summed E-state index contributed by atoms with van der Waals surface area (Å²) in [6.45, 7) is 1.98. The molecule has 1 aromatic carbocycles. The maximum Gasteiger partial charge on any atom is 0.209 e. The predicted molar refractivity (Wildman–Crippen MR) is 59.2 cm³/mol. The van der Waals surface area contributed by atoms with E-state index in [4.69, 9.17) is 9.88 Å². The zero-order valence-electron chi connectivity index (χ0n) is 8.94. The van der Waals surface area contributed by atoms with E-state index in [0.29, 0.717) is 5.75 Å². The van der Waals surface area contributed by atoms with E-state index in [-0.39, 0.29) is 24.6 Å². The van der Waals surface area contributed by atoms with Gasteiger partial charge in [-0.05, 0) is 25.0 Å². The first-order valence-corrected chi connectivity index (χ1v) is 6.49. The number of primary sulfonamides is 1. The molecule has 0 saturated heterocycles. The van der Waals surface area contributed by atoms with Crippen LogP contribution in [0.5, 0.6) is 5.75 Å². The first-order chi connectivity index (χ1) is 7.38. The number of hydrogen-bond donors (Lipinski definition) is 1. The Morgan fingerprint density at radius 1 is 1.44 bits per heavy atom. The largest absolute Gasteiger partial charge is 0.493 e. The van der Waals surface area contributed by atoms with Gasteiger partial charge in [-0.1, -0.05) is 6.07 Å². The number of benzene rings is 1. The number of sulfonamides is 1. The number of hydrogen-bond acceptors (Lipinski definition) is 3. The lowest BCUT2D eigenvalue weighted by atomic mass is 10.2. The summed E-state index contributed by atoms with van der Waals surface area (Å²) in [5, 5.41) is 4.83. The second-order valence-electron chi connectivity index (χ2n) is 3.48. The molecule has 0 radical (unpaired) electrons. The number of nitrogens with two attached hydrogens (primary N) is 1. The van der Waals surface area contributed by atoms with Crippen LogP contribution in [0, 0.1) is 12.7 Å². The van der Waals surface area contributed by atoms with Gasteiger partial charge in [-0.15, -0.1) is 0 Å². The molecule has 0 unspecified atom stereocenters. The molecule has 0 spiro atoms. The molecule has 4 nitrogen and oxygen atoms in total. The average molecular weight is 247 g/mol. The van der Waals surface area contributed by atoms with Crippen molar-refractivity contribution >= 4 is 10.0 Å². The van der Waals surface area contributed by atoms with Crippen molar-refractivity contribution in [1.29, 1.82) is 0 Å². The fourth-order valence-electron chi connectivity index (χ4n) is 1.17. The van der Waals surface area contributed by atoms with Crippen LogP contribution in [0.25, 0.3) is 0 Å². The van der Waals surface area contributed by atoms with Crippen LogP contribution in [0.3, 0.4) is 0 Å². The fourth-order valence-corrected chi connectivity index (χ4v) is 1.69. The Morgan fingerprint density at radius 2 is 2.12 bits per heavy atom. The van der Waals surface area contributed by atoms with Crippen molar-refractivity contribution in [3.63, 3.8) is 0 Å². The second kappa shape index (κ2) is 5.27. The molecule has 0 atom stereocenters. The summed E-state index contributed by atoms with van der Waals surface area (Å²) in [6.07, 6.45) is 0.286. The molecule has 1 aromatic rings. The van der Waals surface area contributed by atoms with Gasteiger partial charge in [-0.3, -0.25) is 0 Å². The highest BCUT2D eigenvalue weighted by Gasteiger charge is 2.04. The van der Waals surface area contributed by atoms with E-state index in [2.05, 4.69) is 0 Å². The van der Waals surface area contributed by atoms with Crippen LogP contribution in [0.2, 0.25) is 0 Å². The molecule has 0 aromatic heterocycles. The molecule has 0 bridgehead atoms. The molecule has 6 heteroatoms. The highest BCUT2D eigenvalue weighted by atomic mass is 32.2. The van der Waals surface area contributed by atoms with Gasteiger partial charge in [0.2, 0.25) is 10.0 Å². The van der Waals surface area contributed by atoms with Crippen LogP contribution in [0.15, 0.2) is 18.2 Å². The van der Waals surface area contributed by atoms with Crippen molar-refractivity contribution in [2.24, 2.45) is 5.14 Å². The van der Waals surface area contributed by atoms with E-state index in [1.807, 2.05) is 0 Å². The maximum absolute atomic E-state index is 12.8. The molecule has 0 fully saturated rings. The third-order valence-electron chi connectivity index (χ3n) is 1.98. The summed E-state index contributed by atoms with van der Waals surface area (Å²) in [5.41, 5.74) is 0.803. The van der Waals surface area contributed by atoms with E-state index in [9.17, 15) is 12.8 Å². The van der Waals surface area contributed by atoms with Gasteiger partial charge in [-0.2, -0.15) is 0 Å². The van der Waals surface area contributed by atoms with Crippen LogP contribution in [0.4, 0.5) is 4.39 Å². The Hall–Kier alpha value is -1.14. The van der Waals surface area contributed by atoms with Crippen molar-refractivity contribution in [3.05, 3.63) is 29.6 Å². The second-order valence-corrected chi connectivity index (χ2v) is 5.21. The number of aryl methyl sites for hydroxylation is 1. The number of halogens is 1. The summed E-state index contributed by atoms with van der Waals surface area (Å²) in [4.78, 5) is 0. The van der Waals surface area contributed by atoms with Crippen LogP contribution in [-0.2, 0) is 10.0 Å². The standard InChI is InChI=1S/C10H14FNO3S/c1-8-3-4-9(11)7-10(8)15-5-2-6-16(12,13)14/h3-4,7H,2,5-6H2,1H3,(H2,12,13,14). The SMILES string of the molecule is Cc1ccc(F)cc1OCCCS(N)(=O)=O. The van der Waals surface area contributed by atoms with E-state index in [1.165, 1.54) is 12.1 Å². The van der Waals surface area contributed by atoms with Gasteiger partial charge in [0.15, 0.2) is 0 Å². The third kappa shape index (κ3) is 4.59. The summed E-state index contributed by atoms with van der Waals surface area (Å²) in [6, 6.07) is 4.21. The van der Waals surface area contributed by atoms with Gasteiger partial charge in [-0.25, -0.2) is 17.9 Å². The molecule has 16 heavy (non-hydrogen) atoms. The lowest BCUT2D eigenvalue weighted by Gasteiger charge is -2.08. The van der Waals surface area contributed by atoms with Crippen molar-refractivity contribution in [2.45, 2.75) is 13.3 Å². The van der Waals surface area contributed by atoms with Crippen LogP contribution in [-0.4, -0.2) is 20.8 Å². The lowest BCUT2D eigenvalue weighted by Crippen LogP contribution is -2.18. The summed E-state index contributed by atoms with van der Waals surface area (Å²) in [7, 11) is -3.45. The molecular weight excluding hydrogens is 233 g/mol. The molecular formula is C10H14FNO3S. The molecule has 0 aliphatic heterocycles. The lowest BCUT2D eigenvalue weighted by molar-refractivity contribution is 0.314. The monoisotopic (exact) mass is 247 g/mol. The van der Waals surface area contributed by atoms with E-state index < -0.39 is 10.0 Å². The number of rotatable bonds is 5. The summed E-state index contributed by atoms with van der Waals surface area (Å²) < 4.78 is 39.4. The van der Waals surface area contributed by atoms with Gasteiger partial charge in [0.1, 0.15) is 11.6 Å². The van der Waals surface area contributed by atoms with E-state index in [1.54, 1.807) is 13.0 Å². The molecule has 2 N–H and O–H groups in total. The van der Waals surface area contributed by atoms with Crippen molar-refractivity contribution < 1.29 is 17.5 Å².